The van der Waals surface area contributed by atoms with Crippen LogP contribution in [0.1, 0.15) is 22.8 Å². The second-order valence-electron chi connectivity index (χ2n) is 7.20. The van der Waals surface area contributed by atoms with E-state index in [1.54, 1.807) is 30.3 Å². The number of nitrogens with one attached hydrogen (secondary N) is 2. The first-order valence-electron chi connectivity index (χ1n) is 9.27. The number of nitrogens with zero attached hydrogens (tertiary/aromatic N) is 1. The van der Waals surface area contributed by atoms with Gasteiger partial charge in [0.25, 0.3) is 5.91 Å². The van der Waals surface area contributed by atoms with Gasteiger partial charge in [0.1, 0.15) is 10.6 Å². The third-order valence-electron chi connectivity index (χ3n) is 5.08. The first-order chi connectivity index (χ1) is 14.3. The Kier molecular flexibility index (Phi) is 5.33. The molecule has 2 N–H and O–H groups in total. The number of carbonyl (C=O) groups is 2. The lowest BCUT2D eigenvalue weighted by molar-refractivity contribution is -0.114. The second kappa shape index (κ2) is 7.81. The van der Waals surface area contributed by atoms with Crippen molar-refractivity contribution in [3.63, 3.8) is 0 Å². The van der Waals surface area contributed by atoms with E-state index in [1.165, 1.54) is 25.1 Å². The number of hydrogen-bond acceptors (Lipinski definition) is 5. The molecule has 2 amide bonds. The summed E-state index contributed by atoms with van der Waals surface area (Å²) in [4.78, 5) is 28.1. The van der Waals surface area contributed by atoms with Gasteiger partial charge in [-0.15, -0.1) is 0 Å². The van der Waals surface area contributed by atoms with Crippen LogP contribution in [0.15, 0.2) is 53.5 Å². The summed E-state index contributed by atoms with van der Waals surface area (Å²) < 4.78 is 34.7. The predicted molar refractivity (Wildman–Crippen MR) is 111 cm³/mol. The molecule has 2 aliphatic rings. The zero-order valence-corrected chi connectivity index (χ0v) is 16.9. The van der Waals surface area contributed by atoms with E-state index in [0.29, 0.717) is 11.3 Å². The van der Waals surface area contributed by atoms with Crippen LogP contribution in [0.3, 0.4) is 0 Å². The van der Waals surface area contributed by atoms with Crippen molar-refractivity contribution in [3.8, 4) is 0 Å². The summed E-state index contributed by atoms with van der Waals surface area (Å²) in [7, 11) is 0. The molecule has 156 valence electrons. The third-order valence-corrected chi connectivity index (χ3v) is 6.56. The van der Waals surface area contributed by atoms with E-state index in [2.05, 4.69) is 15.6 Å². The van der Waals surface area contributed by atoms with Gasteiger partial charge in [-0.3, -0.25) is 14.6 Å². The van der Waals surface area contributed by atoms with Gasteiger partial charge in [0, 0.05) is 23.7 Å². The minimum atomic E-state index is -1.96. The number of amides is 2. The summed E-state index contributed by atoms with van der Waals surface area (Å²) in [5.41, 5.74) is -1.14. The molecule has 9 heteroatoms. The first-order valence-corrected chi connectivity index (χ1v) is 10.1. The lowest BCUT2D eigenvalue weighted by Crippen LogP contribution is -2.53. The van der Waals surface area contributed by atoms with Crippen LogP contribution in [-0.4, -0.2) is 42.4 Å². The number of carbonyl (C=O) groups excluding carboxylic acids is 2. The van der Waals surface area contributed by atoms with Crippen molar-refractivity contribution in [2.24, 2.45) is 4.99 Å². The topological polar surface area (TPSA) is 79.8 Å². The monoisotopic (exact) mass is 431 g/mol. The van der Waals surface area contributed by atoms with Gasteiger partial charge in [-0.05, 0) is 30.3 Å². The molecule has 2 aromatic carbocycles. The van der Waals surface area contributed by atoms with Crippen LogP contribution in [0.2, 0.25) is 0 Å². The summed E-state index contributed by atoms with van der Waals surface area (Å²) in [6, 6.07) is 12.5. The number of rotatable bonds is 3. The van der Waals surface area contributed by atoms with Gasteiger partial charge in [0.2, 0.25) is 5.91 Å². The first kappa shape index (κ1) is 20.5. The molecule has 4 rings (SSSR count). The van der Waals surface area contributed by atoms with Gasteiger partial charge in [-0.25, -0.2) is 8.78 Å². The molecular formula is C21H19F2N3O3S. The summed E-state index contributed by atoms with van der Waals surface area (Å²) in [5.74, 6) is -1.34. The maximum atomic E-state index is 15.9. The predicted octanol–water partition coefficient (Wildman–Crippen LogP) is 3.25. The third kappa shape index (κ3) is 3.59. The molecule has 2 atom stereocenters. The number of amidine groups is 1. The van der Waals surface area contributed by atoms with Gasteiger partial charge in [-0.2, -0.15) is 0 Å². The molecule has 2 aromatic rings. The van der Waals surface area contributed by atoms with Crippen LogP contribution in [-0.2, 0) is 14.3 Å². The molecular weight excluding hydrogens is 412 g/mol. The summed E-state index contributed by atoms with van der Waals surface area (Å²) in [6.45, 7) is 0.703. The van der Waals surface area contributed by atoms with Crippen molar-refractivity contribution in [3.05, 3.63) is 65.5 Å². The van der Waals surface area contributed by atoms with Crippen LogP contribution in [0, 0.1) is 5.82 Å². The van der Waals surface area contributed by atoms with E-state index in [9.17, 15) is 14.0 Å². The Morgan fingerprint density at radius 3 is 2.63 bits per heavy atom. The molecule has 0 aromatic heterocycles. The molecule has 2 heterocycles. The van der Waals surface area contributed by atoms with Gasteiger partial charge >= 0.3 is 0 Å². The number of anilines is 1. The highest BCUT2D eigenvalue weighted by Gasteiger charge is 2.62. The van der Waals surface area contributed by atoms with E-state index in [-0.39, 0.29) is 36.4 Å². The van der Waals surface area contributed by atoms with Gasteiger partial charge in [0.15, 0.2) is 10.8 Å². The number of halogens is 2. The Morgan fingerprint density at radius 2 is 1.90 bits per heavy atom. The van der Waals surface area contributed by atoms with E-state index in [4.69, 9.17) is 4.74 Å². The van der Waals surface area contributed by atoms with Gasteiger partial charge in [-0.1, -0.05) is 30.0 Å². The van der Waals surface area contributed by atoms with Crippen molar-refractivity contribution >= 4 is 34.4 Å². The number of alkyl halides is 1. The van der Waals surface area contributed by atoms with Crippen LogP contribution in [0.4, 0.5) is 14.5 Å². The fourth-order valence-corrected chi connectivity index (χ4v) is 4.92. The Bertz CT molecular complexity index is 1030. The molecule has 0 aliphatic carbocycles. The smallest absolute Gasteiger partial charge is 0.257 e. The SMILES string of the molecule is CC(=O)Nc1ccc(F)c([C@]23COC[C@]2(F)CN=C(NC(=O)c2ccccc2)S3)c1. The fourth-order valence-electron chi connectivity index (χ4n) is 3.60. The average molecular weight is 431 g/mol. The molecule has 30 heavy (non-hydrogen) atoms. The van der Waals surface area contributed by atoms with Crippen LogP contribution in [0.25, 0.3) is 0 Å². The molecule has 2 aliphatic heterocycles. The van der Waals surface area contributed by atoms with Crippen molar-refractivity contribution in [2.75, 3.05) is 25.1 Å². The number of ether oxygens (including phenoxy) is 1. The molecule has 1 fully saturated rings. The molecule has 0 spiro atoms. The van der Waals surface area contributed by atoms with E-state index in [1.807, 2.05) is 0 Å². The molecule has 0 unspecified atom stereocenters. The van der Waals surface area contributed by atoms with E-state index >= 15 is 4.39 Å². The Balaban J connectivity index is 1.68. The standard InChI is InChI=1S/C21H19F2N3O3S/c1-13(27)25-15-7-8-17(22)16(9-15)21-12-29-11-20(21,23)10-24-19(30-21)26-18(28)14-5-3-2-4-6-14/h2-9H,10-12H2,1H3,(H,25,27)(H,24,26,28)/t20-,21-/m1/s1. The summed E-state index contributed by atoms with van der Waals surface area (Å²) >= 11 is 0.932. The highest BCUT2D eigenvalue weighted by molar-refractivity contribution is 8.14. The average Bonchev–Trinajstić information content (AvgIpc) is 3.07. The maximum absolute atomic E-state index is 15.9. The summed E-state index contributed by atoms with van der Waals surface area (Å²) in [5, 5.41) is 5.46. The number of benzene rings is 2. The number of fused-ring (bicyclic) bond motifs is 1. The summed E-state index contributed by atoms with van der Waals surface area (Å²) in [6.07, 6.45) is 0. The molecule has 6 nitrogen and oxygen atoms in total. The Hall–Kier alpha value is -2.78. The highest BCUT2D eigenvalue weighted by Crippen LogP contribution is 2.55. The van der Waals surface area contributed by atoms with Crippen LogP contribution in [0.5, 0.6) is 0 Å². The van der Waals surface area contributed by atoms with E-state index < -0.39 is 22.1 Å². The minimum Gasteiger partial charge on any atom is -0.376 e. The maximum Gasteiger partial charge on any atom is 0.257 e. The normalized spacial score (nSPS) is 25.2. The molecule has 0 radical (unpaired) electrons. The van der Waals surface area contributed by atoms with Crippen molar-refractivity contribution in [1.29, 1.82) is 0 Å². The number of thioether (sulfide) groups is 1. The lowest BCUT2D eigenvalue weighted by Gasteiger charge is -2.40. The molecule has 1 saturated heterocycles. The second-order valence-corrected chi connectivity index (χ2v) is 8.49. The van der Waals surface area contributed by atoms with Crippen molar-refractivity contribution in [1.82, 2.24) is 5.32 Å². The highest BCUT2D eigenvalue weighted by atomic mass is 32.2. The lowest BCUT2D eigenvalue weighted by atomic mass is 9.84. The van der Waals surface area contributed by atoms with E-state index in [0.717, 1.165) is 11.8 Å². The number of hydrogen-bond donors (Lipinski definition) is 2. The van der Waals surface area contributed by atoms with Gasteiger partial charge in [0.05, 0.1) is 19.8 Å². The van der Waals surface area contributed by atoms with Crippen molar-refractivity contribution in [2.45, 2.75) is 17.3 Å². The number of aliphatic imine (C=N–C) groups is 1. The zero-order chi connectivity index (χ0) is 21.4. The quantitative estimate of drug-likeness (QED) is 0.782. The molecule has 0 bridgehead atoms. The fraction of sp³-hybridized carbons (Fsp3) is 0.286. The van der Waals surface area contributed by atoms with Crippen LogP contribution >= 0.6 is 11.8 Å². The largest absolute Gasteiger partial charge is 0.376 e. The minimum absolute atomic E-state index is 0.0557. The zero-order valence-electron chi connectivity index (χ0n) is 16.1. The Morgan fingerprint density at radius 1 is 1.13 bits per heavy atom. The van der Waals surface area contributed by atoms with Gasteiger partial charge < -0.3 is 15.4 Å². The molecule has 0 saturated carbocycles. The Labute approximate surface area is 176 Å². The van der Waals surface area contributed by atoms with Crippen molar-refractivity contribution < 1.29 is 23.1 Å². The van der Waals surface area contributed by atoms with Crippen LogP contribution < -0.4 is 10.6 Å².